The molecule has 1 aliphatic rings. The highest BCUT2D eigenvalue weighted by Gasteiger charge is 2.22. The topological polar surface area (TPSA) is 49.3 Å². The first-order valence-corrected chi connectivity index (χ1v) is 6.09. The second-order valence-corrected chi connectivity index (χ2v) is 4.76. The Morgan fingerprint density at radius 2 is 2.27 bits per heavy atom. The van der Waals surface area contributed by atoms with Crippen LogP contribution in [-0.2, 0) is 4.79 Å². The van der Waals surface area contributed by atoms with E-state index in [9.17, 15) is 4.79 Å². The van der Waals surface area contributed by atoms with Crippen molar-refractivity contribution in [2.24, 2.45) is 5.92 Å². The SMILES string of the molecule is CC[C@H]1CCC[C@@H](NC(=O)CC(C)O)C1. The maximum absolute atomic E-state index is 11.4. The van der Waals surface area contributed by atoms with Gasteiger partial charge in [0, 0.05) is 6.04 Å². The molecule has 0 aromatic rings. The number of aliphatic hydroxyl groups excluding tert-OH is 1. The minimum absolute atomic E-state index is 0.00764. The average Bonchev–Trinajstić information content (AvgIpc) is 2.16. The molecule has 0 bridgehead atoms. The van der Waals surface area contributed by atoms with E-state index < -0.39 is 6.10 Å². The molecule has 1 saturated carbocycles. The van der Waals surface area contributed by atoms with Crippen LogP contribution < -0.4 is 5.32 Å². The predicted molar refractivity (Wildman–Crippen MR) is 60.5 cm³/mol. The van der Waals surface area contributed by atoms with Crippen molar-refractivity contribution in [3.8, 4) is 0 Å². The molecule has 0 spiro atoms. The lowest BCUT2D eigenvalue weighted by atomic mass is 9.84. The van der Waals surface area contributed by atoms with Gasteiger partial charge in [-0.25, -0.2) is 0 Å². The summed E-state index contributed by atoms with van der Waals surface area (Å²) in [5, 5.41) is 12.1. The molecule has 0 aliphatic heterocycles. The Bertz CT molecular complexity index is 204. The van der Waals surface area contributed by atoms with Crippen LogP contribution in [0.5, 0.6) is 0 Å². The summed E-state index contributed by atoms with van der Waals surface area (Å²) in [6, 6.07) is 0.343. The summed E-state index contributed by atoms with van der Waals surface area (Å²) in [4.78, 5) is 11.4. The molecule has 88 valence electrons. The third-order valence-corrected chi connectivity index (χ3v) is 3.21. The van der Waals surface area contributed by atoms with E-state index in [1.165, 1.54) is 19.3 Å². The first kappa shape index (κ1) is 12.5. The second-order valence-electron chi connectivity index (χ2n) is 4.76. The minimum atomic E-state index is -0.532. The molecule has 1 rings (SSSR count). The Kier molecular flexibility index (Phi) is 5.09. The number of hydrogen-bond donors (Lipinski definition) is 2. The van der Waals surface area contributed by atoms with Crippen LogP contribution >= 0.6 is 0 Å². The molecule has 15 heavy (non-hydrogen) atoms. The highest BCUT2D eigenvalue weighted by Crippen LogP contribution is 2.26. The molecule has 1 unspecified atom stereocenters. The van der Waals surface area contributed by atoms with Crippen LogP contribution in [0, 0.1) is 5.92 Å². The van der Waals surface area contributed by atoms with Crippen molar-refractivity contribution in [1.29, 1.82) is 0 Å². The van der Waals surface area contributed by atoms with Gasteiger partial charge in [-0.3, -0.25) is 4.79 Å². The lowest BCUT2D eigenvalue weighted by Gasteiger charge is -2.29. The smallest absolute Gasteiger partial charge is 0.222 e. The summed E-state index contributed by atoms with van der Waals surface area (Å²) in [5.74, 6) is 0.766. The minimum Gasteiger partial charge on any atom is -0.393 e. The normalized spacial score (nSPS) is 28.5. The number of rotatable bonds is 4. The second kappa shape index (κ2) is 6.11. The maximum Gasteiger partial charge on any atom is 0.222 e. The number of carbonyl (C=O) groups is 1. The average molecular weight is 213 g/mol. The van der Waals surface area contributed by atoms with Crippen LogP contribution in [-0.4, -0.2) is 23.2 Å². The van der Waals surface area contributed by atoms with Gasteiger partial charge >= 0.3 is 0 Å². The summed E-state index contributed by atoms with van der Waals surface area (Å²) in [5.41, 5.74) is 0. The van der Waals surface area contributed by atoms with Gasteiger partial charge in [0.05, 0.1) is 12.5 Å². The van der Waals surface area contributed by atoms with Crippen molar-refractivity contribution in [3.05, 3.63) is 0 Å². The van der Waals surface area contributed by atoms with Gasteiger partial charge in [-0.15, -0.1) is 0 Å². The fourth-order valence-corrected chi connectivity index (χ4v) is 2.35. The number of hydrogen-bond acceptors (Lipinski definition) is 2. The maximum atomic E-state index is 11.4. The Balaban J connectivity index is 2.28. The molecule has 3 heteroatoms. The van der Waals surface area contributed by atoms with Crippen molar-refractivity contribution in [1.82, 2.24) is 5.32 Å². The van der Waals surface area contributed by atoms with E-state index in [1.807, 2.05) is 0 Å². The highest BCUT2D eigenvalue weighted by atomic mass is 16.3. The van der Waals surface area contributed by atoms with Gasteiger partial charge in [0.1, 0.15) is 0 Å². The van der Waals surface area contributed by atoms with Crippen LogP contribution in [0.1, 0.15) is 52.4 Å². The zero-order valence-corrected chi connectivity index (χ0v) is 9.83. The standard InChI is InChI=1S/C12H23NO2/c1-3-10-5-4-6-11(8-10)13-12(15)7-9(2)14/h9-11,14H,3-8H2,1-2H3,(H,13,15)/t9?,10-,11+/m0/s1. The van der Waals surface area contributed by atoms with E-state index in [0.717, 1.165) is 18.8 Å². The number of aliphatic hydroxyl groups is 1. The van der Waals surface area contributed by atoms with Crippen molar-refractivity contribution >= 4 is 5.91 Å². The van der Waals surface area contributed by atoms with Crippen LogP contribution in [0.2, 0.25) is 0 Å². The fourth-order valence-electron chi connectivity index (χ4n) is 2.35. The van der Waals surface area contributed by atoms with Gasteiger partial charge < -0.3 is 10.4 Å². The summed E-state index contributed by atoms with van der Waals surface area (Å²) in [7, 11) is 0. The quantitative estimate of drug-likeness (QED) is 0.748. The van der Waals surface area contributed by atoms with E-state index in [-0.39, 0.29) is 12.3 Å². The lowest BCUT2D eigenvalue weighted by Crippen LogP contribution is -2.39. The predicted octanol–water partition coefficient (Wildman–Crippen LogP) is 1.84. The summed E-state index contributed by atoms with van der Waals surface area (Å²) in [6.45, 7) is 3.86. The van der Waals surface area contributed by atoms with Gasteiger partial charge in [-0.05, 0) is 25.7 Å². The van der Waals surface area contributed by atoms with Crippen LogP contribution in [0.15, 0.2) is 0 Å². The number of nitrogens with one attached hydrogen (secondary N) is 1. The lowest BCUT2D eigenvalue weighted by molar-refractivity contribution is -0.123. The first-order valence-electron chi connectivity index (χ1n) is 6.09. The molecular weight excluding hydrogens is 190 g/mol. The zero-order chi connectivity index (χ0) is 11.3. The Morgan fingerprint density at radius 1 is 1.53 bits per heavy atom. The van der Waals surface area contributed by atoms with E-state index in [1.54, 1.807) is 6.92 Å². The summed E-state index contributed by atoms with van der Waals surface area (Å²) in [6.07, 6.45) is 5.65. The highest BCUT2D eigenvalue weighted by molar-refractivity contribution is 5.76. The van der Waals surface area contributed by atoms with Gasteiger partial charge in [0.15, 0.2) is 0 Å². The van der Waals surface area contributed by atoms with Crippen molar-refractivity contribution < 1.29 is 9.90 Å². The molecule has 1 fully saturated rings. The first-order chi connectivity index (χ1) is 7.11. The third-order valence-electron chi connectivity index (χ3n) is 3.21. The van der Waals surface area contributed by atoms with E-state index >= 15 is 0 Å². The molecule has 2 N–H and O–H groups in total. The van der Waals surface area contributed by atoms with Gasteiger partial charge in [0.2, 0.25) is 5.91 Å². The fraction of sp³-hybridized carbons (Fsp3) is 0.917. The van der Waals surface area contributed by atoms with Gasteiger partial charge in [0.25, 0.3) is 0 Å². The summed E-state index contributed by atoms with van der Waals surface area (Å²) >= 11 is 0. The molecule has 0 radical (unpaired) electrons. The van der Waals surface area contributed by atoms with Crippen molar-refractivity contribution in [3.63, 3.8) is 0 Å². The molecule has 3 atom stereocenters. The van der Waals surface area contributed by atoms with Crippen LogP contribution in [0.3, 0.4) is 0 Å². The molecule has 0 saturated heterocycles. The molecular formula is C12H23NO2. The Morgan fingerprint density at radius 3 is 2.87 bits per heavy atom. The van der Waals surface area contributed by atoms with Crippen molar-refractivity contribution in [2.75, 3.05) is 0 Å². The summed E-state index contributed by atoms with van der Waals surface area (Å²) < 4.78 is 0. The Hall–Kier alpha value is -0.570. The van der Waals surface area contributed by atoms with Crippen LogP contribution in [0.4, 0.5) is 0 Å². The molecule has 3 nitrogen and oxygen atoms in total. The largest absolute Gasteiger partial charge is 0.393 e. The van der Waals surface area contributed by atoms with Gasteiger partial charge in [-0.2, -0.15) is 0 Å². The Labute approximate surface area is 92.3 Å². The monoisotopic (exact) mass is 213 g/mol. The van der Waals surface area contributed by atoms with Gasteiger partial charge in [-0.1, -0.05) is 26.2 Å². The van der Waals surface area contributed by atoms with Crippen molar-refractivity contribution in [2.45, 2.75) is 64.5 Å². The molecule has 0 heterocycles. The van der Waals surface area contributed by atoms with E-state index in [0.29, 0.717) is 6.04 Å². The van der Waals surface area contributed by atoms with E-state index in [4.69, 9.17) is 5.11 Å². The molecule has 1 aliphatic carbocycles. The zero-order valence-electron chi connectivity index (χ0n) is 9.83. The number of carbonyl (C=O) groups excluding carboxylic acids is 1. The van der Waals surface area contributed by atoms with E-state index in [2.05, 4.69) is 12.2 Å². The molecule has 0 aromatic carbocycles. The number of amides is 1. The van der Waals surface area contributed by atoms with Crippen LogP contribution in [0.25, 0.3) is 0 Å². The third kappa shape index (κ3) is 4.65. The molecule has 0 aromatic heterocycles. The molecule has 1 amide bonds.